The molecule has 1 unspecified atom stereocenters. The summed E-state index contributed by atoms with van der Waals surface area (Å²) < 4.78 is 55.2. The first-order chi connectivity index (χ1) is 15.0. The number of halogens is 4. The first kappa shape index (κ1) is 22.4. The molecule has 168 valence electrons. The molecule has 0 spiro atoms. The molecule has 2 fully saturated rings. The highest BCUT2D eigenvalue weighted by Gasteiger charge is 2.36. The Kier molecular flexibility index (Phi) is 7.03. The zero-order valence-electron chi connectivity index (χ0n) is 18.3. The Morgan fingerprint density at radius 3 is 2.19 bits per heavy atom. The SMILES string of the molecule is CCCCCC1CC[C@@H]2C[C@H](c3ccc(-c4cc(F)c(F)c(F)c4)c(F)c3)CC[C@@H]2C1. The molecular formula is C27H32F4. The number of fused-ring (bicyclic) bond motifs is 1. The molecule has 31 heavy (non-hydrogen) atoms. The molecule has 0 aliphatic heterocycles. The fourth-order valence-corrected chi connectivity index (χ4v) is 5.96. The highest BCUT2D eigenvalue weighted by molar-refractivity contribution is 5.65. The predicted octanol–water partition coefficient (Wildman–Crippen LogP) is 8.79. The summed E-state index contributed by atoms with van der Waals surface area (Å²) in [4.78, 5) is 0. The number of benzene rings is 2. The summed E-state index contributed by atoms with van der Waals surface area (Å²) in [5.41, 5.74) is 1.08. The Balaban J connectivity index is 1.42. The molecule has 2 saturated carbocycles. The fraction of sp³-hybridized carbons (Fsp3) is 0.556. The molecule has 4 atom stereocenters. The molecule has 2 aromatic rings. The quantitative estimate of drug-likeness (QED) is 0.243. The Bertz CT molecular complexity index is 883. The molecular weight excluding hydrogens is 400 g/mol. The standard InChI is InChI=1S/C27H32F4/c1-2-3-4-5-17-6-7-19-13-20(9-8-18(19)12-17)21-10-11-23(24(28)14-21)22-15-25(29)27(31)26(30)16-22/h10-11,14-20H,2-9,12-13H2,1H3/t17?,18-,19-,20-/m1/s1. The average Bonchev–Trinajstić information content (AvgIpc) is 2.77. The van der Waals surface area contributed by atoms with Crippen LogP contribution >= 0.6 is 0 Å². The fourth-order valence-electron chi connectivity index (χ4n) is 5.96. The van der Waals surface area contributed by atoms with Gasteiger partial charge in [-0.15, -0.1) is 0 Å². The van der Waals surface area contributed by atoms with E-state index in [1.165, 1.54) is 57.4 Å². The van der Waals surface area contributed by atoms with Gasteiger partial charge in [-0.3, -0.25) is 0 Å². The molecule has 2 aliphatic carbocycles. The predicted molar refractivity (Wildman–Crippen MR) is 117 cm³/mol. The summed E-state index contributed by atoms with van der Waals surface area (Å²) in [5, 5.41) is 0. The molecule has 4 heteroatoms. The maximum absolute atomic E-state index is 14.8. The van der Waals surface area contributed by atoms with Crippen LogP contribution in [-0.4, -0.2) is 0 Å². The number of hydrogen-bond donors (Lipinski definition) is 0. The van der Waals surface area contributed by atoms with Crippen molar-refractivity contribution in [1.29, 1.82) is 0 Å². The van der Waals surface area contributed by atoms with Gasteiger partial charge in [0.1, 0.15) is 5.82 Å². The summed E-state index contributed by atoms with van der Waals surface area (Å²) in [7, 11) is 0. The Hall–Kier alpha value is -1.84. The number of rotatable bonds is 6. The van der Waals surface area contributed by atoms with Gasteiger partial charge in [-0.25, -0.2) is 17.6 Å². The van der Waals surface area contributed by atoms with Crippen LogP contribution in [0.15, 0.2) is 30.3 Å². The Labute approximate surface area is 183 Å². The van der Waals surface area contributed by atoms with Crippen molar-refractivity contribution in [2.24, 2.45) is 17.8 Å². The second kappa shape index (κ2) is 9.75. The lowest BCUT2D eigenvalue weighted by atomic mass is 9.63. The van der Waals surface area contributed by atoms with E-state index in [1.54, 1.807) is 6.07 Å². The maximum atomic E-state index is 14.8. The van der Waals surface area contributed by atoms with E-state index in [1.807, 2.05) is 6.07 Å². The van der Waals surface area contributed by atoms with Gasteiger partial charge in [-0.05, 0) is 85.1 Å². The van der Waals surface area contributed by atoms with Gasteiger partial charge in [0.2, 0.25) is 0 Å². The molecule has 0 N–H and O–H groups in total. The lowest BCUT2D eigenvalue weighted by molar-refractivity contribution is 0.113. The molecule has 4 rings (SSSR count). The molecule has 0 amide bonds. The molecule has 0 saturated heterocycles. The van der Waals surface area contributed by atoms with Crippen LogP contribution < -0.4 is 0 Å². The van der Waals surface area contributed by atoms with E-state index in [4.69, 9.17) is 0 Å². The van der Waals surface area contributed by atoms with E-state index in [2.05, 4.69) is 6.92 Å². The van der Waals surface area contributed by atoms with Crippen LogP contribution in [0.4, 0.5) is 17.6 Å². The van der Waals surface area contributed by atoms with Gasteiger partial charge >= 0.3 is 0 Å². The van der Waals surface area contributed by atoms with Gasteiger partial charge in [0.05, 0.1) is 0 Å². The van der Waals surface area contributed by atoms with Crippen LogP contribution in [0.25, 0.3) is 11.1 Å². The zero-order chi connectivity index (χ0) is 22.0. The minimum absolute atomic E-state index is 0.0190. The van der Waals surface area contributed by atoms with E-state index in [0.29, 0.717) is 5.92 Å². The average molecular weight is 433 g/mol. The summed E-state index contributed by atoms with van der Waals surface area (Å²) >= 11 is 0. The van der Waals surface area contributed by atoms with Crippen molar-refractivity contribution in [2.75, 3.05) is 0 Å². The van der Waals surface area contributed by atoms with Gasteiger partial charge < -0.3 is 0 Å². The molecule has 2 aromatic carbocycles. The topological polar surface area (TPSA) is 0 Å². The van der Waals surface area contributed by atoms with E-state index >= 15 is 0 Å². The first-order valence-electron chi connectivity index (χ1n) is 11.9. The molecule has 0 aromatic heterocycles. The molecule has 0 nitrogen and oxygen atoms in total. The lowest BCUT2D eigenvalue weighted by Gasteiger charge is -2.42. The van der Waals surface area contributed by atoms with Crippen LogP contribution in [0.3, 0.4) is 0 Å². The molecule has 0 bridgehead atoms. The van der Waals surface area contributed by atoms with Crippen LogP contribution in [0, 0.1) is 41.0 Å². The van der Waals surface area contributed by atoms with E-state index in [9.17, 15) is 17.6 Å². The van der Waals surface area contributed by atoms with Crippen molar-refractivity contribution in [3.8, 4) is 11.1 Å². The van der Waals surface area contributed by atoms with Crippen LogP contribution in [0.2, 0.25) is 0 Å². The van der Waals surface area contributed by atoms with E-state index < -0.39 is 23.3 Å². The number of unbranched alkanes of at least 4 members (excludes halogenated alkanes) is 2. The third-order valence-electron chi connectivity index (χ3n) is 7.70. The molecule has 2 aliphatic rings. The van der Waals surface area contributed by atoms with Crippen molar-refractivity contribution in [2.45, 2.75) is 77.0 Å². The van der Waals surface area contributed by atoms with Gasteiger partial charge in [-0.2, -0.15) is 0 Å². The monoisotopic (exact) mass is 432 g/mol. The summed E-state index contributed by atoms with van der Waals surface area (Å²) in [6, 6.07) is 6.66. The third-order valence-corrected chi connectivity index (χ3v) is 7.70. The molecule has 0 heterocycles. The highest BCUT2D eigenvalue weighted by Crippen LogP contribution is 2.48. The number of hydrogen-bond acceptors (Lipinski definition) is 0. The van der Waals surface area contributed by atoms with Crippen molar-refractivity contribution in [3.63, 3.8) is 0 Å². The van der Waals surface area contributed by atoms with Crippen LogP contribution in [0.5, 0.6) is 0 Å². The Morgan fingerprint density at radius 2 is 1.48 bits per heavy atom. The lowest BCUT2D eigenvalue weighted by Crippen LogP contribution is -2.30. The van der Waals surface area contributed by atoms with Crippen molar-refractivity contribution in [1.82, 2.24) is 0 Å². The van der Waals surface area contributed by atoms with Crippen LogP contribution in [0.1, 0.15) is 82.6 Å². The Morgan fingerprint density at radius 1 is 0.774 bits per heavy atom. The van der Waals surface area contributed by atoms with Crippen molar-refractivity contribution < 1.29 is 17.6 Å². The van der Waals surface area contributed by atoms with E-state index in [0.717, 1.165) is 48.3 Å². The van der Waals surface area contributed by atoms with Crippen molar-refractivity contribution >= 4 is 0 Å². The van der Waals surface area contributed by atoms with E-state index in [-0.39, 0.29) is 11.1 Å². The first-order valence-corrected chi connectivity index (χ1v) is 11.9. The summed E-state index contributed by atoms with van der Waals surface area (Å²) in [6.07, 6.45) is 12.7. The third kappa shape index (κ3) is 4.99. The minimum atomic E-state index is -1.53. The second-order valence-corrected chi connectivity index (χ2v) is 9.70. The smallest absolute Gasteiger partial charge is 0.194 e. The minimum Gasteiger partial charge on any atom is -0.206 e. The van der Waals surface area contributed by atoms with Gasteiger partial charge in [-0.1, -0.05) is 51.2 Å². The summed E-state index contributed by atoms with van der Waals surface area (Å²) in [5.74, 6) is -1.89. The maximum Gasteiger partial charge on any atom is 0.194 e. The van der Waals surface area contributed by atoms with Gasteiger partial charge in [0, 0.05) is 5.56 Å². The van der Waals surface area contributed by atoms with Gasteiger partial charge in [0.15, 0.2) is 17.5 Å². The normalized spacial score (nSPS) is 26.0. The zero-order valence-corrected chi connectivity index (χ0v) is 18.3. The highest BCUT2D eigenvalue weighted by atomic mass is 19.2. The van der Waals surface area contributed by atoms with Gasteiger partial charge in [0.25, 0.3) is 0 Å². The largest absolute Gasteiger partial charge is 0.206 e. The second-order valence-electron chi connectivity index (χ2n) is 9.70. The molecule has 0 radical (unpaired) electrons. The van der Waals surface area contributed by atoms with Crippen molar-refractivity contribution in [3.05, 3.63) is 59.2 Å². The summed E-state index contributed by atoms with van der Waals surface area (Å²) in [6.45, 7) is 2.25. The van der Waals surface area contributed by atoms with Crippen LogP contribution in [-0.2, 0) is 0 Å².